The summed E-state index contributed by atoms with van der Waals surface area (Å²) in [5, 5.41) is 12.2. The summed E-state index contributed by atoms with van der Waals surface area (Å²) in [6.07, 6.45) is -0.00270. The van der Waals surface area contributed by atoms with Gasteiger partial charge in [0.15, 0.2) is 6.29 Å². The smallest absolute Gasteiger partial charge is 0.408 e. The fourth-order valence-corrected chi connectivity index (χ4v) is 1.33. The van der Waals surface area contributed by atoms with Gasteiger partial charge < -0.3 is 15.2 Å². The van der Waals surface area contributed by atoms with Crippen molar-refractivity contribution in [3.05, 3.63) is 29.3 Å². The molecule has 0 radical (unpaired) electrons. The van der Waals surface area contributed by atoms with Gasteiger partial charge in [0.25, 0.3) is 0 Å². The van der Waals surface area contributed by atoms with Crippen molar-refractivity contribution in [1.82, 2.24) is 5.32 Å². The van der Waals surface area contributed by atoms with Gasteiger partial charge in [-0.15, -0.1) is 0 Å². The molecule has 1 aromatic carbocycles. The van der Waals surface area contributed by atoms with Gasteiger partial charge in [0.05, 0.1) is 17.7 Å². The zero-order valence-corrected chi connectivity index (χ0v) is 11.7. The highest BCUT2D eigenvalue weighted by Crippen LogP contribution is 2.19. The van der Waals surface area contributed by atoms with Crippen molar-refractivity contribution in [3.8, 4) is 17.6 Å². The van der Waals surface area contributed by atoms with Gasteiger partial charge in [-0.05, 0) is 32.9 Å². The van der Waals surface area contributed by atoms with Crippen LogP contribution >= 0.6 is 0 Å². The minimum Gasteiger partial charge on any atom is -0.506 e. The number of alkyl carbamates (subject to hydrolysis) is 1. The van der Waals surface area contributed by atoms with E-state index in [1.165, 1.54) is 6.07 Å². The Bertz CT molecular complexity index is 561. The molecule has 0 spiro atoms. The third-order valence-electron chi connectivity index (χ3n) is 2.14. The number of hydrogen-bond donors (Lipinski definition) is 2. The van der Waals surface area contributed by atoms with E-state index in [1.54, 1.807) is 32.9 Å². The minimum atomic E-state index is -0.561. The number of aldehydes is 1. The highest BCUT2D eigenvalue weighted by molar-refractivity contribution is 5.80. The van der Waals surface area contributed by atoms with Gasteiger partial charge in [-0.25, -0.2) is 4.79 Å². The molecule has 0 saturated heterocycles. The third kappa shape index (κ3) is 5.02. The van der Waals surface area contributed by atoms with Gasteiger partial charge in [0.2, 0.25) is 0 Å². The predicted octanol–water partition coefficient (Wildman–Crippen LogP) is 2.08. The van der Waals surface area contributed by atoms with E-state index in [2.05, 4.69) is 17.2 Å². The van der Waals surface area contributed by atoms with Crippen molar-refractivity contribution in [2.75, 3.05) is 6.54 Å². The number of amides is 1. The molecule has 0 aliphatic heterocycles. The maximum absolute atomic E-state index is 11.3. The summed E-state index contributed by atoms with van der Waals surface area (Å²) in [6.45, 7) is 5.38. The second-order valence-electron chi connectivity index (χ2n) is 5.02. The highest BCUT2D eigenvalue weighted by Gasteiger charge is 2.15. The van der Waals surface area contributed by atoms with Crippen LogP contribution in [0.25, 0.3) is 0 Å². The molecule has 1 amide bonds. The number of phenols is 1. The standard InChI is InChI=1S/C15H17NO4/c1-15(2,3)20-14(19)16-9-5-8-11-6-4-7-12(10-17)13(11)18/h4,6-7,10,18H,9H2,1-3H3,(H,16,19). The second kappa shape index (κ2) is 6.62. The van der Waals surface area contributed by atoms with Crippen LogP contribution in [0, 0.1) is 11.8 Å². The summed E-state index contributed by atoms with van der Waals surface area (Å²) in [5.74, 6) is 5.19. The Labute approximate surface area is 117 Å². The molecule has 5 nitrogen and oxygen atoms in total. The molecule has 1 rings (SSSR count). The lowest BCUT2D eigenvalue weighted by Gasteiger charge is -2.19. The predicted molar refractivity (Wildman–Crippen MR) is 74.6 cm³/mol. The first-order valence-corrected chi connectivity index (χ1v) is 6.06. The lowest BCUT2D eigenvalue weighted by Crippen LogP contribution is -2.32. The molecule has 0 aliphatic rings. The molecule has 2 N–H and O–H groups in total. The van der Waals surface area contributed by atoms with Gasteiger partial charge >= 0.3 is 6.09 Å². The monoisotopic (exact) mass is 275 g/mol. The highest BCUT2D eigenvalue weighted by atomic mass is 16.6. The number of carbonyl (C=O) groups is 2. The van der Waals surface area contributed by atoms with Gasteiger partial charge in [-0.3, -0.25) is 4.79 Å². The first-order valence-electron chi connectivity index (χ1n) is 6.06. The molecule has 1 aromatic rings. The number of aromatic hydroxyl groups is 1. The van der Waals surface area contributed by atoms with Crippen LogP contribution < -0.4 is 5.32 Å². The number of phenolic OH excluding ortho intramolecular Hbond substituents is 1. The Balaban J connectivity index is 2.60. The van der Waals surface area contributed by atoms with Crippen molar-refractivity contribution in [3.63, 3.8) is 0 Å². The minimum absolute atomic E-state index is 0.0830. The average molecular weight is 275 g/mol. The largest absolute Gasteiger partial charge is 0.506 e. The van der Waals surface area contributed by atoms with E-state index < -0.39 is 11.7 Å². The topological polar surface area (TPSA) is 75.6 Å². The Hall–Kier alpha value is -2.48. The van der Waals surface area contributed by atoms with Crippen molar-refractivity contribution >= 4 is 12.4 Å². The molecule has 0 aliphatic carbocycles. The fraction of sp³-hybridized carbons (Fsp3) is 0.333. The first kappa shape index (κ1) is 15.6. The number of benzene rings is 1. The van der Waals surface area contributed by atoms with Crippen LogP contribution in [-0.2, 0) is 4.74 Å². The molecule has 0 bridgehead atoms. The van der Waals surface area contributed by atoms with E-state index in [0.29, 0.717) is 11.8 Å². The molecule has 20 heavy (non-hydrogen) atoms. The number of hydrogen-bond acceptors (Lipinski definition) is 4. The van der Waals surface area contributed by atoms with Gasteiger partial charge in [0.1, 0.15) is 11.4 Å². The average Bonchev–Trinajstić information content (AvgIpc) is 2.34. The molecular formula is C15H17NO4. The Kier molecular flexibility index (Phi) is 5.15. The van der Waals surface area contributed by atoms with Crippen molar-refractivity contribution in [1.29, 1.82) is 0 Å². The SMILES string of the molecule is CC(C)(C)OC(=O)NCC#Cc1cccc(C=O)c1O. The Morgan fingerprint density at radius 1 is 1.45 bits per heavy atom. The van der Waals surface area contributed by atoms with Crippen molar-refractivity contribution in [2.24, 2.45) is 0 Å². The van der Waals surface area contributed by atoms with E-state index in [0.717, 1.165) is 0 Å². The molecular weight excluding hydrogens is 258 g/mol. The first-order chi connectivity index (χ1) is 9.33. The van der Waals surface area contributed by atoms with Gasteiger partial charge in [-0.1, -0.05) is 17.9 Å². The molecule has 0 atom stereocenters. The summed E-state index contributed by atoms with van der Waals surface area (Å²) in [6, 6.07) is 4.70. The van der Waals surface area contributed by atoms with Crippen LogP contribution in [0.15, 0.2) is 18.2 Å². The second-order valence-corrected chi connectivity index (χ2v) is 5.02. The Morgan fingerprint density at radius 3 is 2.75 bits per heavy atom. The van der Waals surface area contributed by atoms with Crippen LogP contribution in [0.2, 0.25) is 0 Å². The number of ether oxygens (including phenoxy) is 1. The van der Waals surface area contributed by atoms with E-state index in [1.807, 2.05) is 0 Å². The van der Waals surface area contributed by atoms with E-state index in [9.17, 15) is 14.7 Å². The van der Waals surface area contributed by atoms with E-state index in [4.69, 9.17) is 4.74 Å². The van der Waals surface area contributed by atoms with Crippen LogP contribution in [-0.4, -0.2) is 29.6 Å². The quantitative estimate of drug-likeness (QED) is 0.640. The maximum atomic E-state index is 11.3. The zero-order chi connectivity index (χ0) is 15.2. The van der Waals surface area contributed by atoms with Crippen LogP contribution in [0.4, 0.5) is 4.79 Å². The molecule has 0 saturated carbocycles. The fourth-order valence-electron chi connectivity index (χ4n) is 1.33. The number of para-hydroxylation sites is 1. The van der Waals surface area contributed by atoms with Crippen molar-refractivity contribution < 1.29 is 19.4 Å². The molecule has 0 unspecified atom stereocenters. The normalized spacial score (nSPS) is 10.2. The lowest BCUT2D eigenvalue weighted by atomic mass is 10.1. The molecule has 0 fully saturated rings. The number of nitrogens with one attached hydrogen (secondary N) is 1. The van der Waals surface area contributed by atoms with Crippen LogP contribution in [0.1, 0.15) is 36.7 Å². The van der Waals surface area contributed by atoms with E-state index in [-0.39, 0.29) is 17.9 Å². The summed E-state index contributed by atoms with van der Waals surface area (Å²) >= 11 is 0. The van der Waals surface area contributed by atoms with Crippen molar-refractivity contribution in [2.45, 2.75) is 26.4 Å². The summed E-state index contributed by atoms with van der Waals surface area (Å²) in [7, 11) is 0. The zero-order valence-electron chi connectivity index (χ0n) is 11.7. The van der Waals surface area contributed by atoms with Crippen LogP contribution in [0.5, 0.6) is 5.75 Å². The molecule has 106 valence electrons. The summed E-state index contributed by atoms with van der Waals surface area (Å²) in [5.41, 5.74) is -0.0499. The maximum Gasteiger partial charge on any atom is 0.408 e. The Morgan fingerprint density at radius 2 is 2.15 bits per heavy atom. The third-order valence-corrected chi connectivity index (χ3v) is 2.14. The molecule has 5 heteroatoms. The molecule has 0 heterocycles. The van der Waals surface area contributed by atoms with Gasteiger partial charge in [0, 0.05) is 0 Å². The molecule has 0 aromatic heterocycles. The summed E-state index contributed by atoms with van der Waals surface area (Å²) in [4.78, 5) is 22.0. The number of carbonyl (C=O) groups excluding carboxylic acids is 2. The summed E-state index contributed by atoms with van der Waals surface area (Å²) < 4.78 is 5.04. The van der Waals surface area contributed by atoms with E-state index >= 15 is 0 Å². The van der Waals surface area contributed by atoms with Crippen LogP contribution in [0.3, 0.4) is 0 Å². The lowest BCUT2D eigenvalue weighted by molar-refractivity contribution is 0.0535. The number of rotatable bonds is 2. The van der Waals surface area contributed by atoms with Gasteiger partial charge in [-0.2, -0.15) is 0 Å².